The Morgan fingerprint density at radius 1 is 1.09 bits per heavy atom. The van der Waals surface area contributed by atoms with Crippen molar-refractivity contribution in [3.8, 4) is 17.2 Å². The van der Waals surface area contributed by atoms with Crippen LogP contribution in [0.15, 0.2) is 57.9 Å². The molecule has 0 atom stereocenters. The number of morpholine rings is 1. The maximum absolute atomic E-state index is 13.1. The number of nitrogens with zero attached hydrogens (tertiary/aromatic N) is 2. The minimum Gasteiger partial charge on any atom is -0.494 e. The molecule has 0 radical (unpaired) electrons. The molecule has 0 bridgehead atoms. The fraction of sp³-hybridized carbons (Fsp3) is 0.304. The lowest BCUT2D eigenvalue weighted by atomic mass is 10.2. The molecule has 1 saturated heterocycles. The van der Waals surface area contributed by atoms with Gasteiger partial charge in [-0.25, -0.2) is 8.42 Å². The predicted octanol–water partition coefficient (Wildman–Crippen LogP) is 3.45. The number of carbonyl (C=O) groups excluding carboxylic acids is 1. The minimum atomic E-state index is -3.79. The zero-order valence-corrected chi connectivity index (χ0v) is 19.6. The van der Waals surface area contributed by atoms with Crippen LogP contribution in [0.1, 0.15) is 23.2 Å². The third-order valence-corrected chi connectivity index (χ3v) is 6.92. The summed E-state index contributed by atoms with van der Waals surface area (Å²) in [6, 6.07) is 12.8. The molecular weight excluding hydrogens is 462 g/mol. The van der Waals surface area contributed by atoms with Crippen LogP contribution in [0.4, 0.5) is 5.69 Å². The molecular formula is C23H25N3O7S. The number of hydrogen-bond acceptors (Lipinski definition) is 8. The Bertz CT molecular complexity index is 1250. The maximum atomic E-state index is 13.1. The molecule has 1 amide bonds. The zero-order valence-electron chi connectivity index (χ0n) is 18.8. The Hall–Kier alpha value is -3.41. The second-order valence-electron chi connectivity index (χ2n) is 7.47. The van der Waals surface area contributed by atoms with E-state index in [0.717, 1.165) is 0 Å². The van der Waals surface area contributed by atoms with Gasteiger partial charge in [0.1, 0.15) is 11.5 Å². The molecule has 0 spiro atoms. The second-order valence-corrected chi connectivity index (χ2v) is 9.41. The van der Waals surface area contributed by atoms with Crippen LogP contribution in [0.5, 0.6) is 17.2 Å². The summed E-state index contributed by atoms with van der Waals surface area (Å²) in [6.07, 6.45) is 0. The van der Waals surface area contributed by atoms with Gasteiger partial charge in [0.15, 0.2) is 5.75 Å². The van der Waals surface area contributed by atoms with Gasteiger partial charge in [-0.1, -0.05) is 5.16 Å². The summed E-state index contributed by atoms with van der Waals surface area (Å²) in [6.45, 7) is 5.28. The molecule has 34 heavy (non-hydrogen) atoms. The zero-order chi connectivity index (χ0) is 24.1. The van der Waals surface area contributed by atoms with Crippen LogP contribution in [-0.4, -0.2) is 56.7 Å². The molecule has 1 fully saturated rings. The van der Waals surface area contributed by atoms with Crippen molar-refractivity contribution in [2.24, 2.45) is 0 Å². The van der Waals surface area contributed by atoms with Crippen LogP contribution in [0.3, 0.4) is 0 Å². The molecule has 180 valence electrons. The minimum absolute atomic E-state index is 0.00837. The molecule has 2 heterocycles. The number of hydrogen-bond donors (Lipinski definition) is 1. The van der Waals surface area contributed by atoms with Crippen molar-refractivity contribution in [3.63, 3.8) is 0 Å². The van der Waals surface area contributed by atoms with Crippen LogP contribution in [-0.2, 0) is 14.8 Å². The van der Waals surface area contributed by atoms with E-state index in [2.05, 4.69) is 10.5 Å². The number of ether oxygens (including phenoxy) is 3. The summed E-state index contributed by atoms with van der Waals surface area (Å²) < 4.78 is 49.3. The number of aryl methyl sites for hydroxylation is 1. The Kier molecular flexibility index (Phi) is 7.15. The third-order valence-electron chi connectivity index (χ3n) is 5.02. The van der Waals surface area contributed by atoms with Crippen LogP contribution in [0.2, 0.25) is 0 Å². The molecule has 1 N–H and O–H groups in total. The topological polar surface area (TPSA) is 120 Å². The van der Waals surface area contributed by atoms with Crippen LogP contribution < -0.4 is 14.8 Å². The predicted molar refractivity (Wildman–Crippen MR) is 123 cm³/mol. The van der Waals surface area contributed by atoms with Gasteiger partial charge >= 0.3 is 0 Å². The standard InChI is InChI=1S/C23H25N3O7S/c1-3-31-17-4-6-18(7-5-17)32-21-9-8-19(34(28,29)26-10-12-30-13-11-26)15-20(21)24-23(27)22-14-16(2)25-33-22/h4-9,14-15H,3,10-13H2,1-2H3,(H,24,27). The van der Waals surface area contributed by atoms with E-state index in [1.807, 2.05) is 6.92 Å². The number of sulfonamides is 1. The van der Waals surface area contributed by atoms with E-state index in [9.17, 15) is 13.2 Å². The van der Waals surface area contributed by atoms with Crippen molar-refractivity contribution >= 4 is 21.6 Å². The number of nitrogens with one attached hydrogen (secondary N) is 1. The van der Waals surface area contributed by atoms with Gasteiger partial charge in [0.25, 0.3) is 5.91 Å². The largest absolute Gasteiger partial charge is 0.494 e. The van der Waals surface area contributed by atoms with E-state index in [-0.39, 0.29) is 35.2 Å². The van der Waals surface area contributed by atoms with Crippen molar-refractivity contribution < 1.29 is 31.9 Å². The molecule has 0 saturated carbocycles. The maximum Gasteiger partial charge on any atom is 0.294 e. The van der Waals surface area contributed by atoms with E-state index < -0.39 is 15.9 Å². The first-order chi connectivity index (χ1) is 16.4. The summed E-state index contributed by atoms with van der Waals surface area (Å²) in [4.78, 5) is 12.7. The molecule has 1 aliphatic heterocycles. The summed E-state index contributed by atoms with van der Waals surface area (Å²) in [7, 11) is -3.79. The smallest absolute Gasteiger partial charge is 0.294 e. The van der Waals surface area contributed by atoms with E-state index in [1.165, 1.54) is 28.6 Å². The van der Waals surface area contributed by atoms with Crippen LogP contribution in [0.25, 0.3) is 0 Å². The first kappa shape index (κ1) is 23.7. The fourth-order valence-corrected chi connectivity index (χ4v) is 4.78. The number of benzene rings is 2. The lowest BCUT2D eigenvalue weighted by Gasteiger charge is -2.26. The van der Waals surface area contributed by atoms with Gasteiger partial charge in [-0.15, -0.1) is 0 Å². The highest BCUT2D eigenvalue weighted by Crippen LogP contribution is 2.34. The average molecular weight is 488 g/mol. The number of carbonyl (C=O) groups is 1. The second kappa shape index (κ2) is 10.2. The van der Waals surface area contributed by atoms with E-state index in [4.69, 9.17) is 18.7 Å². The van der Waals surface area contributed by atoms with Crippen molar-refractivity contribution in [2.75, 3.05) is 38.2 Å². The molecule has 1 aromatic heterocycles. The quantitative estimate of drug-likeness (QED) is 0.513. The van der Waals surface area contributed by atoms with Crippen molar-refractivity contribution in [2.45, 2.75) is 18.7 Å². The lowest BCUT2D eigenvalue weighted by Crippen LogP contribution is -2.40. The number of aromatic nitrogens is 1. The third kappa shape index (κ3) is 5.38. The van der Waals surface area contributed by atoms with Gasteiger partial charge in [-0.3, -0.25) is 4.79 Å². The Morgan fingerprint density at radius 2 is 1.79 bits per heavy atom. The highest BCUT2D eigenvalue weighted by Gasteiger charge is 2.28. The average Bonchev–Trinajstić information content (AvgIpc) is 3.28. The SMILES string of the molecule is CCOc1ccc(Oc2ccc(S(=O)(=O)N3CCOCC3)cc2NC(=O)c2cc(C)no2)cc1. The van der Waals surface area contributed by atoms with E-state index in [1.54, 1.807) is 31.2 Å². The number of anilines is 1. The van der Waals surface area contributed by atoms with E-state index >= 15 is 0 Å². The van der Waals surface area contributed by atoms with Gasteiger partial charge in [-0.2, -0.15) is 4.31 Å². The highest BCUT2D eigenvalue weighted by atomic mass is 32.2. The summed E-state index contributed by atoms with van der Waals surface area (Å²) >= 11 is 0. The molecule has 0 aliphatic carbocycles. The number of rotatable bonds is 8. The van der Waals surface area contributed by atoms with Gasteiger partial charge in [-0.05, 0) is 56.3 Å². The van der Waals surface area contributed by atoms with Gasteiger partial charge in [0, 0.05) is 19.2 Å². The lowest BCUT2D eigenvalue weighted by molar-refractivity contribution is 0.0730. The Morgan fingerprint density at radius 3 is 2.44 bits per heavy atom. The molecule has 0 unspecified atom stereocenters. The molecule has 1 aliphatic rings. The first-order valence-corrected chi connectivity index (χ1v) is 12.2. The van der Waals surface area contributed by atoms with Crippen molar-refractivity contribution in [1.29, 1.82) is 0 Å². The fourth-order valence-electron chi connectivity index (χ4n) is 3.34. The first-order valence-electron chi connectivity index (χ1n) is 10.7. The molecule has 4 rings (SSSR count). The monoisotopic (exact) mass is 487 g/mol. The number of amides is 1. The van der Waals surface area contributed by atoms with Gasteiger partial charge < -0.3 is 24.1 Å². The van der Waals surface area contributed by atoms with Gasteiger partial charge in [0.05, 0.1) is 36.1 Å². The molecule has 2 aromatic carbocycles. The van der Waals surface area contributed by atoms with Gasteiger partial charge in [0.2, 0.25) is 15.8 Å². The van der Waals surface area contributed by atoms with E-state index in [0.29, 0.717) is 37.0 Å². The molecule has 10 nitrogen and oxygen atoms in total. The highest BCUT2D eigenvalue weighted by molar-refractivity contribution is 7.89. The van der Waals surface area contributed by atoms with Crippen molar-refractivity contribution in [1.82, 2.24) is 9.46 Å². The normalized spacial score (nSPS) is 14.5. The Balaban J connectivity index is 1.65. The summed E-state index contributed by atoms with van der Waals surface area (Å²) in [5, 5.41) is 6.39. The Labute approximate surface area is 197 Å². The van der Waals surface area contributed by atoms with Crippen LogP contribution >= 0.6 is 0 Å². The molecule has 3 aromatic rings. The molecule has 11 heteroatoms. The summed E-state index contributed by atoms with van der Waals surface area (Å²) in [5.74, 6) is 0.841. The van der Waals surface area contributed by atoms with Crippen LogP contribution in [0, 0.1) is 6.92 Å². The summed E-state index contributed by atoms with van der Waals surface area (Å²) in [5.41, 5.74) is 0.710. The van der Waals surface area contributed by atoms with Crippen molar-refractivity contribution in [3.05, 3.63) is 60.0 Å².